The van der Waals surface area contributed by atoms with Gasteiger partial charge in [0.2, 0.25) is 0 Å². The number of hydrogen-bond donors (Lipinski definition) is 1. The van der Waals surface area contributed by atoms with Crippen LogP contribution in [-0.4, -0.2) is 49.5 Å². The van der Waals surface area contributed by atoms with Gasteiger partial charge in [0.05, 0.1) is 12.9 Å². The van der Waals surface area contributed by atoms with Crippen LogP contribution in [0.4, 0.5) is 6.01 Å². The molecule has 39 heavy (non-hydrogen) atoms. The van der Waals surface area contributed by atoms with Gasteiger partial charge in [-0.15, -0.1) is 0 Å². The molecule has 0 radical (unpaired) electrons. The van der Waals surface area contributed by atoms with E-state index < -0.39 is 21.7 Å². The fourth-order valence-corrected chi connectivity index (χ4v) is 4.13. The lowest BCUT2D eigenvalue weighted by Gasteiger charge is -2.23. The van der Waals surface area contributed by atoms with Crippen LogP contribution in [0.25, 0.3) is 11.1 Å². The van der Waals surface area contributed by atoms with Gasteiger partial charge in [-0.05, 0) is 74.4 Å². The second-order valence-corrected chi connectivity index (χ2v) is 11.0. The van der Waals surface area contributed by atoms with Crippen LogP contribution in [-0.2, 0) is 21.5 Å². The van der Waals surface area contributed by atoms with E-state index in [1.54, 1.807) is 24.3 Å². The molecule has 0 atom stereocenters. The van der Waals surface area contributed by atoms with Crippen molar-refractivity contribution < 1.29 is 36.4 Å². The van der Waals surface area contributed by atoms with Crippen molar-refractivity contribution in [1.29, 1.82) is 0 Å². The summed E-state index contributed by atoms with van der Waals surface area (Å²) in [7, 11) is -3.59. The minimum absolute atomic E-state index is 0.218. The van der Waals surface area contributed by atoms with Crippen molar-refractivity contribution in [2.45, 2.75) is 32.4 Å². The molecule has 10 nitrogen and oxygen atoms in total. The molecule has 4 rings (SSSR count). The predicted molar refractivity (Wildman–Crippen MR) is 146 cm³/mol. The van der Waals surface area contributed by atoms with Gasteiger partial charge in [0.1, 0.15) is 22.8 Å². The van der Waals surface area contributed by atoms with Crippen LogP contribution in [0, 0.1) is 0 Å². The Hall–Kier alpha value is -4.25. The van der Waals surface area contributed by atoms with Gasteiger partial charge in [0.15, 0.2) is 11.2 Å². The number of carbonyl (C=O) groups is 1. The Kier molecular flexibility index (Phi) is 8.29. The number of carboxylic acid groups (broad SMARTS) is 1. The fourth-order valence-electron chi connectivity index (χ4n) is 3.67. The smallest absolute Gasteiger partial charge is 0.347 e. The summed E-state index contributed by atoms with van der Waals surface area (Å²) in [5.74, 6) is 0.217. The summed E-state index contributed by atoms with van der Waals surface area (Å²) in [4.78, 5) is 18.0. The van der Waals surface area contributed by atoms with Crippen molar-refractivity contribution in [3.05, 3.63) is 78.4 Å². The van der Waals surface area contributed by atoms with E-state index in [1.807, 2.05) is 41.3 Å². The van der Waals surface area contributed by atoms with Crippen LogP contribution in [0.3, 0.4) is 0 Å². The van der Waals surface area contributed by atoms with E-state index in [1.165, 1.54) is 26.0 Å². The average molecular weight is 555 g/mol. The van der Waals surface area contributed by atoms with E-state index in [-0.39, 0.29) is 5.75 Å². The van der Waals surface area contributed by atoms with E-state index in [4.69, 9.17) is 18.1 Å². The maximum Gasteiger partial charge on any atom is 0.347 e. The molecule has 0 unspecified atom stereocenters. The zero-order valence-electron chi connectivity index (χ0n) is 21.9. The Morgan fingerprint density at radius 1 is 0.974 bits per heavy atom. The molecule has 0 fully saturated rings. The number of oxazole rings is 1. The summed E-state index contributed by atoms with van der Waals surface area (Å²) in [6, 6.07) is 21.6. The molecule has 206 valence electrons. The lowest BCUT2D eigenvalue weighted by atomic mass is 10.1. The molecule has 0 amide bonds. The third-order valence-electron chi connectivity index (χ3n) is 5.65. The van der Waals surface area contributed by atoms with Gasteiger partial charge < -0.3 is 28.1 Å². The van der Waals surface area contributed by atoms with E-state index >= 15 is 0 Å². The van der Waals surface area contributed by atoms with Crippen molar-refractivity contribution in [3.8, 4) is 17.2 Å². The number of rotatable bonds is 13. The Morgan fingerprint density at radius 2 is 1.62 bits per heavy atom. The normalized spacial score (nSPS) is 11.8. The van der Waals surface area contributed by atoms with Crippen LogP contribution in [0.15, 0.2) is 77.2 Å². The molecule has 0 aliphatic carbocycles. The number of para-hydroxylation sites is 2. The van der Waals surface area contributed by atoms with Crippen molar-refractivity contribution in [1.82, 2.24) is 4.98 Å². The average Bonchev–Trinajstić information content (AvgIpc) is 3.31. The number of benzene rings is 3. The fraction of sp³-hybridized carbons (Fsp3) is 0.286. The lowest BCUT2D eigenvalue weighted by molar-refractivity contribution is -0.152. The van der Waals surface area contributed by atoms with E-state index in [0.717, 1.165) is 17.3 Å². The van der Waals surface area contributed by atoms with E-state index in [2.05, 4.69) is 4.98 Å². The van der Waals surface area contributed by atoms with Crippen LogP contribution in [0.5, 0.6) is 17.2 Å². The highest BCUT2D eigenvalue weighted by Gasteiger charge is 2.29. The maximum atomic E-state index is 11.4. The lowest BCUT2D eigenvalue weighted by Crippen LogP contribution is -2.37. The summed E-state index contributed by atoms with van der Waals surface area (Å²) >= 11 is 0. The number of anilines is 1. The van der Waals surface area contributed by atoms with Gasteiger partial charge in [-0.3, -0.25) is 0 Å². The Morgan fingerprint density at radius 3 is 2.26 bits per heavy atom. The van der Waals surface area contributed by atoms with Gasteiger partial charge >= 0.3 is 16.1 Å². The van der Waals surface area contributed by atoms with Crippen LogP contribution < -0.4 is 18.6 Å². The Bertz CT molecular complexity index is 1480. The van der Waals surface area contributed by atoms with Crippen LogP contribution in [0.1, 0.15) is 25.8 Å². The largest absolute Gasteiger partial charge is 0.494 e. The SMILES string of the molecule is CC(C)(Oc1ccc(CN(CCCOc2ccc(OS(C)(=O)=O)cc2)c2nc3ccccc3o2)cc1)C(=O)O. The van der Waals surface area contributed by atoms with Gasteiger partial charge in [-0.1, -0.05) is 24.3 Å². The Labute approximate surface area is 226 Å². The first-order valence-corrected chi connectivity index (χ1v) is 14.0. The molecule has 3 aromatic carbocycles. The summed E-state index contributed by atoms with van der Waals surface area (Å²) in [5, 5.41) is 9.30. The maximum absolute atomic E-state index is 11.4. The molecule has 1 heterocycles. The van der Waals surface area contributed by atoms with Crippen LogP contribution >= 0.6 is 0 Å². The molecule has 1 aromatic heterocycles. The quantitative estimate of drug-likeness (QED) is 0.180. The number of carboxylic acids is 1. The molecular weight excluding hydrogens is 524 g/mol. The van der Waals surface area contributed by atoms with Crippen molar-refractivity contribution in [2.75, 3.05) is 24.3 Å². The first-order chi connectivity index (χ1) is 18.5. The van der Waals surface area contributed by atoms with Crippen molar-refractivity contribution in [3.63, 3.8) is 0 Å². The number of fused-ring (bicyclic) bond motifs is 1. The van der Waals surface area contributed by atoms with Gasteiger partial charge in [0.25, 0.3) is 6.01 Å². The molecule has 0 saturated heterocycles. The van der Waals surface area contributed by atoms with E-state index in [9.17, 15) is 18.3 Å². The summed E-state index contributed by atoms with van der Waals surface area (Å²) in [6.45, 7) is 4.47. The highest BCUT2D eigenvalue weighted by atomic mass is 32.2. The number of aromatic nitrogens is 1. The summed E-state index contributed by atoms with van der Waals surface area (Å²) in [6.07, 6.45) is 1.64. The monoisotopic (exact) mass is 554 g/mol. The first-order valence-electron chi connectivity index (χ1n) is 12.2. The molecular formula is C28H30N2O8S. The summed E-state index contributed by atoms with van der Waals surface area (Å²) in [5.41, 5.74) is 1.06. The molecule has 4 aromatic rings. The minimum atomic E-state index is -3.59. The van der Waals surface area contributed by atoms with Gasteiger partial charge in [-0.2, -0.15) is 13.4 Å². The molecule has 0 saturated carbocycles. The number of aliphatic carboxylic acids is 1. The third-order valence-corrected chi connectivity index (χ3v) is 6.15. The molecule has 0 bridgehead atoms. The third kappa shape index (κ3) is 7.87. The first kappa shape index (κ1) is 27.8. The molecule has 11 heteroatoms. The molecule has 1 N–H and O–H groups in total. The minimum Gasteiger partial charge on any atom is -0.494 e. The standard InChI is InChI=1S/C28H30N2O8S/c1-28(2,26(31)32)37-22-11-9-20(10-12-22)19-30(27-29-24-7-4-5-8-25(24)36-27)17-6-18-35-21-13-15-23(16-14-21)38-39(3,33)34/h4-5,7-16H,6,17-19H2,1-3H3,(H,31,32). The van der Waals surface area contributed by atoms with Crippen molar-refractivity contribution in [2.24, 2.45) is 0 Å². The topological polar surface area (TPSA) is 128 Å². The van der Waals surface area contributed by atoms with Crippen LogP contribution in [0.2, 0.25) is 0 Å². The highest BCUT2D eigenvalue weighted by molar-refractivity contribution is 7.86. The van der Waals surface area contributed by atoms with E-state index in [0.29, 0.717) is 49.2 Å². The zero-order valence-corrected chi connectivity index (χ0v) is 22.7. The van der Waals surface area contributed by atoms with Crippen molar-refractivity contribution >= 4 is 33.2 Å². The number of ether oxygens (including phenoxy) is 2. The zero-order chi connectivity index (χ0) is 28.0. The molecule has 0 spiro atoms. The Balaban J connectivity index is 1.41. The molecule has 0 aliphatic heterocycles. The predicted octanol–water partition coefficient (Wildman–Crippen LogP) is 4.88. The summed E-state index contributed by atoms with van der Waals surface area (Å²) < 4.78 is 44.8. The van der Waals surface area contributed by atoms with Gasteiger partial charge in [-0.25, -0.2) is 4.79 Å². The second-order valence-electron chi connectivity index (χ2n) is 9.41. The second kappa shape index (κ2) is 11.6. The van der Waals surface area contributed by atoms with Gasteiger partial charge in [0, 0.05) is 13.1 Å². The highest BCUT2D eigenvalue weighted by Crippen LogP contribution is 2.25. The number of nitrogens with zero attached hydrogens (tertiary/aromatic N) is 2. The number of hydrogen-bond acceptors (Lipinski definition) is 9. The molecule has 0 aliphatic rings.